The largest absolute Gasteiger partial charge is 0.508 e. The van der Waals surface area contributed by atoms with E-state index in [1.165, 1.54) is 6.26 Å². The Morgan fingerprint density at radius 2 is 1.65 bits per heavy atom. The molecule has 0 unspecified atom stereocenters. The summed E-state index contributed by atoms with van der Waals surface area (Å²) in [6.45, 7) is 1.95. The topological polar surface area (TPSA) is 95.7 Å². The van der Waals surface area contributed by atoms with Crippen molar-refractivity contribution in [3.05, 3.63) is 71.6 Å². The molecule has 31 heavy (non-hydrogen) atoms. The molecule has 0 aliphatic carbocycles. The number of hydrogen-bond acceptors (Lipinski definition) is 5. The zero-order valence-electron chi connectivity index (χ0n) is 17.2. The molecule has 3 aromatic rings. The molecule has 7 heteroatoms. The van der Waals surface area contributed by atoms with E-state index in [4.69, 9.17) is 4.42 Å². The molecule has 160 valence electrons. The van der Waals surface area contributed by atoms with Gasteiger partial charge >= 0.3 is 0 Å². The van der Waals surface area contributed by atoms with E-state index < -0.39 is 0 Å². The van der Waals surface area contributed by atoms with Crippen LogP contribution in [0.3, 0.4) is 0 Å². The van der Waals surface area contributed by atoms with Crippen molar-refractivity contribution in [2.24, 2.45) is 0 Å². The van der Waals surface area contributed by atoms with E-state index in [9.17, 15) is 14.7 Å². The Balaban J connectivity index is 1.32. The van der Waals surface area contributed by atoms with Gasteiger partial charge in [-0.1, -0.05) is 24.3 Å². The van der Waals surface area contributed by atoms with Crippen LogP contribution in [0.25, 0.3) is 11.5 Å². The fraction of sp³-hybridized carbons (Fsp3) is 0.292. The van der Waals surface area contributed by atoms with E-state index in [1.54, 1.807) is 24.3 Å². The maximum Gasteiger partial charge on any atom is 0.275 e. The van der Waals surface area contributed by atoms with Gasteiger partial charge < -0.3 is 19.7 Å². The van der Waals surface area contributed by atoms with E-state index in [2.05, 4.69) is 10.3 Å². The quantitative estimate of drug-likeness (QED) is 0.637. The van der Waals surface area contributed by atoms with E-state index in [-0.39, 0.29) is 24.0 Å². The van der Waals surface area contributed by atoms with E-state index >= 15 is 0 Å². The van der Waals surface area contributed by atoms with Gasteiger partial charge in [0.05, 0.1) is 6.42 Å². The SMILES string of the molecule is O=C(Cc1ccc(O)cc1)NCc1ccc(-c2nc(C(=O)N3CCCCC3)co2)cc1. The predicted octanol–water partition coefficient (Wildman–Crippen LogP) is 3.53. The molecule has 2 heterocycles. The summed E-state index contributed by atoms with van der Waals surface area (Å²) in [5.74, 6) is 0.410. The first-order chi connectivity index (χ1) is 15.1. The number of rotatable bonds is 6. The average molecular weight is 419 g/mol. The fourth-order valence-electron chi connectivity index (χ4n) is 3.59. The van der Waals surface area contributed by atoms with Crippen LogP contribution >= 0.6 is 0 Å². The van der Waals surface area contributed by atoms with Crippen LogP contribution in [-0.4, -0.2) is 39.9 Å². The summed E-state index contributed by atoms with van der Waals surface area (Å²) >= 11 is 0. The number of benzene rings is 2. The number of phenols is 1. The summed E-state index contributed by atoms with van der Waals surface area (Å²) in [4.78, 5) is 30.9. The van der Waals surface area contributed by atoms with Gasteiger partial charge in [-0.25, -0.2) is 4.98 Å². The Hall–Kier alpha value is -3.61. The highest BCUT2D eigenvalue weighted by atomic mass is 16.3. The van der Waals surface area contributed by atoms with Crippen molar-refractivity contribution in [3.63, 3.8) is 0 Å². The highest BCUT2D eigenvalue weighted by Gasteiger charge is 2.21. The van der Waals surface area contributed by atoms with E-state index in [0.717, 1.165) is 49.0 Å². The van der Waals surface area contributed by atoms with Crippen LogP contribution in [0.2, 0.25) is 0 Å². The molecular weight excluding hydrogens is 394 g/mol. The van der Waals surface area contributed by atoms with Crippen molar-refractivity contribution in [1.82, 2.24) is 15.2 Å². The number of amides is 2. The minimum atomic E-state index is -0.0941. The summed E-state index contributed by atoms with van der Waals surface area (Å²) in [7, 11) is 0. The Bertz CT molecular complexity index is 1040. The lowest BCUT2D eigenvalue weighted by Crippen LogP contribution is -2.35. The maximum atomic E-state index is 12.5. The highest BCUT2D eigenvalue weighted by Crippen LogP contribution is 2.21. The zero-order chi connectivity index (χ0) is 21.6. The van der Waals surface area contributed by atoms with Gasteiger partial charge in [0.15, 0.2) is 5.69 Å². The molecule has 1 aliphatic rings. The number of piperidine rings is 1. The van der Waals surface area contributed by atoms with E-state index in [0.29, 0.717) is 18.1 Å². The Morgan fingerprint density at radius 1 is 0.968 bits per heavy atom. The number of carbonyl (C=O) groups is 2. The molecule has 2 N–H and O–H groups in total. The molecule has 7 nitrogen and oxygen atoms in total. The van der Waals surface area contributed by atoms with Gasteiger partial charge in [-0.05, 0) is 54.7 Å². The number of nitrogens with zero attached hydrogens (tertiary/aromatic N) is 2. The lowest BCUT2D eigenvalue weighted by Gasteiger charge is -2.25. The fourth-order valence-corrected chi connectivity index (χ4v) is 3.59. The summed E-state index contributed by atoms with van der Waals surface area (Å²) in [5.41, 5.74) is 2.89. The van der Waals surface area contributed by atoms with Gasteiger partial charge in [0.2, 0.25) is 11.8 Å². The molecule has 1 saturated heterocycles. The lowest BCUT2D eigenvalue weighted by molar-refractivity contribution is -0.120. The lowest BCUT2D eigenvalue weighted by atomic mass is 10.1. The molecule has 0 radical (unpaired) electrons. The number of oxazole rings is 1. The van der Waals surface area contributed by atoms with Crippen molar-refractivity contribution in [3.8, 4) is 17.2 Å². The molecule has 1 aromatic heterocycles. The maximum absolute atomic E-state index is 12.5. The Kier molecular flexibility index (Phi) is 6.31. The first-order valence-electron chi connectivity index (χ1n) is 10.5. The van der Waals surface area contributed by atoms with Gasteiger partial charge in [0.25, 0.3) is 5.91 Å². The van der Waals surface area contributed by atoms with Crippen molar-refractivity contribution < 1.29 is 19.1 Å². The first kappa shape index (κ1) is 20.7. The third-order valence-corrected chi connectivity index (χ3v) is 5.36. The monoisotopic (exact) mass is 419 g/mol. The van der Waals surface area contributed by atoms with Crippen LogP contribution in [-0.2, 0) is 17.8 Å². The summed E-state index contributed by atoms with van der Waals surface area (Å²) < 4.78 is 5.53. The normalized spacial score (nSPS) is 13.7. The van der Waals surface area contributed by atoms with Crippen LogP contribution in [0.5, 0.6) is 5.75 Å². The third kappa shape index (κ3) is 5.31. The van der Waals surface area contributed by atoms with Crippen molar-refractivity contribution in [1.29, 1.82) is 0 Å². The Morgan fingerprint density at radius 3 is 2.35 bits per heavy atom. The van der Waals surface area contributed by atoms with Crippen molar-refractivity contribution in [2.75, 3.05) is 13.1 Å². The Labute approximate surface area is 180 Å². The molecule has 1 fully saturated rings. The van der Waals surface area contributed by atoms with Gasteiger partial charge in [0.1, 0.15) is 12.0 Å². The van der Waals surface area contributed by atoms with Crippen LogP contribution in [0.15, 0.2) is 59.2 Å². The molecule has 0 saturated carbocycles. The second-order valence-corrected chi connectivity index (χ2v) is 7.71. The highest BCUT2D eigenvalue weighted by molar-refractivity contribution is 5.92. The van der Waals surface area contributed by atoms with Gasteiger partial charge in [0, 0.05) is 25.2 Å². The number of aromatic hydroxyl groups is 1. The van der Waals surface area contributed by atoms with E-state index in [1.807, 2.05) is 29.2 Å². The van der Waals surface area contributed by atoms with Crippen LogP contribution in [0.4, 0.5) is 0 Å². The number of nitrogens with one attached hydrogen (secondary N) is 1. The first-order valence-corrected chi connectivity index (χ1v) is 10.5. The minimum absolute atomic E-state index is 0.0809. The molecule has 2 aromatic carbocycles. The molecule has 1 aliphatic heterocycles. The summed E-state index contributed by atoms with van der Waals surface area (Å²) in [6, 6.07) is 14.1. The van der Waals surface area contributed by atoms with Gasteiger partial charge in [-0.15, -0.1) is 0 Å². The zero-order valence-corrected chi connectivity index (χ0v) is 17.2. The van der Waals surface area contributed by atoms with Gasteiger partial charge in [-0.2, -0.15) is 0 Å². The number of phenolic OH excluding ortho intramolecular Hbond substituents is 1. The number of carbonyl (C=O) groups excluding carboxylic acids is 2. The second-order valence-electron chi connectivity index (χ2n) is 7.71. The number of likely N-dealkylation sites (tertiary alicyclic amines) is 1. The molecule has 0 spiro atoms. The number of aromatic nitrogens is 1. The van der Waals surface area contributed by atoms with Crippen LogP contribution in [0.1, 0.15) is 40.9 Å². The molecular formula is C24H25N3O4. The number of hydrogen-bond donors (Lipinski definition) is 2. The standard InChI is InChI=1S/C24H25N3O4/c28-20-10-6-17(7-11-20)14-22(29)25-15-18-4-8-19(9-5-18)23-26-21(16-31-23)24(30)27-12-2-1-3-13-27/h4-11,16,28H,1-3,12-15H2,(H,25,29). The second kappa shape index (κ2) is 9.47. The van der Waals surface area contributed by atoms with Gasteiger partial charge in [-0.3, -0.25) is 9.59 Å². The van der Waals surface area contributed by atoms with Crippen molar-refractivity contribution in [2.45, 2.75) is 32.2 Å². The third-order valence-electron chi connectivity index (χ3n) is 5.36. The molecule has 0 atom stereocenters. The summed E-state index contributed by atoms with van der Waals surface area (Å²) in [6.07, 6.45) is 4.90. The van der Waals surface area contributed by atoms with Crippen LogP contribution < -0.4 is 5.32 Å². The smallest absolute Gasteiger partial charge is 0.275 e. The van der Waals surface area contributed by atoms with Crippen LogP contribution in [0, 0.1) is 0 Å². The van der Waals surface area contributed by atoms with Crippen molar-refractivity contribution >= 4 is 11.8 Å². The molecule has 2 amide bonds. The average Bonchev–Trinajstić information content (AvgIpc) is 3.30. The summed E-state index contributed by atoms with van der Waals surface area (Å²) in [5, 5.41) is 12.2. The molecule has 4 rings (SSSR count). The minimum Gasteiger partial charge on any atom is -0.508 e. The molecule has 0 bridgehead atoms. The predicted molar refractivity (Wildman–Crippen MR) is 115 cm³/mol.